The average molecular weight is 345 g/mol. The van der Waals surface area contributed by atoms with Crippen molar-refractivity contribution in [1.82, 2.24) is 0 Å². The summed E-state index contributed by atoms with van der Waals surface area (Å²) in [7, 11) is 1.59. The zero-order chi connectivity index (χ0) is 18.3. The molecule has 1 N–H and O–H groups in total. The Morgan fingerprint density at radius 3 is 2.58 bits per heavy atom. The first-order valence-electron chi connectivity index (χ1n) is 8.44. The van der Waals surface area contributed by atoms with Gasteiger partial charge in [-0.05, 0) is 37.6 Å². The molecular formula is C22H19NO3. The van der Waals surface area contributed by atoms with E-state index >= 15 is 0 Å². The molecule has 26 heavy (non-hydrogen) atoms. The first kappa shape index (κ1) is 16.2. The molecule has 0 aliphatic rings. The maximum absolute atomic E-state index is 12.8. The number of benzene rings is 3. The summed E-state index contributed by atoms with van der Waals surface area (Å²) in [6, 6.07) is 17.4. The number of methoxy groups -OCH3 is 1. The quantitative estimate of drug-likeness (QED) is 0.536. The normalized spacial score (nSPS) is 11.0. The molecule has 0 spiro atoms. The van der Waals surface area contributed by atoms with E-state index in [0.717, 1.165) is 27.5 Å². The predicted molar refractivity (Wildman–Crippen MR) is 104 cm³/mol. The number of ether oxygens (including phenoxy) is 1. The number of amides is 1. The van der Waals surface area contributed by atoms with Gasteiger partial charge in [-0.3, -0.25) is 4.79 Å². The summed E-state index contributed by atoms with van der Waals surface area (Å²) < 4.78 is 11.4. The van der Waals surface area contributed by atoms with Gasteiger partial charge < -0.3 is 14.5 Å². The molecule has 3 aromatic carbocycles. The second-order valence-corrected chi connectivity index (χ2v) is 6.42. The number of nitrogens with one attached hydrogen (secondary N) is 1. The fourth-order valence-corrected chi connectivity index (χ4v) is 3.19. The van der Waals surface area contributed by atoms with Gasteiger partial charge in [-0.15, -0.1) is 0 Å². The number of carbonyl (C=O) groups excluding carboxylic acids is 1. The van der Waals surface area contributed by atoms with E-state index < -0.39 is 0 Å². The van der Waals surface area contributed by atoms with Crippen molar-refractivity contribution >= 4 is 33.5 Å². The van der Waals surface area contributed by atoms with E-state index in [9.17, 15) is 4.79 Å². The van der Waals surface area contributed by atoms with Gasteiger partial charge in [-0.1, -0.05) is 35.9 Å². The number of carbonyl (C=O) groups is 1. The third kappa shape index (κ3) is 2.69. The summed E-state index contributed by atoms with van der Waals surface area (Å²) >= 11 is 0. The van der Waals surface area contributed by atoms with Gasteiger partial charge in [0, 0.05) is 22.4 Å². The number of fused-ring (bicyclic) bond motifs is 3. The average Bonchev–Trinajstić information content (AvgIpc) is 3.00. The third-order valence-electron chi connectivity index (χ3n) is 4.58. The molecule has 0 saturated heterocycles. The van der Waals surface area contributed by atoms with Crippen molar-refractivity contribution in [2.45, 2.75) is 13.8 Å². The fraction of sp³-hybridized carbons (Fsp3) is 0.136. The van der Waals surface area contributed by atoms with Crippen molar-refractivity contribution in [1.29, 1.82) is 0 Å². The lowest BCUT2D eigenvalue weighted by atomic mass is 10.0. The van der Waals surface area contributed by atoms with Crippen LogP contribution in [0, 0.1) is 13.8 Å². The fourth-order valence-electron chi connectivity index (χ4n) is 3.19. The Bertz CT molecular complexity index is 1140. The summed E-state index contributed by atoms with van der Waals surface area (Å²) in [6.07, 6.45) is 0. The maximum Gasteiger partial charge on any atom is 0.256 e. The molecule has 0 atom stereocenters. The number of hydrogen-bond acceptors (Lipinski definition) is 3. The highest BCUT2D eigenvalue weighted by atomic mass is 16.5. The van der Waals surface area contributed by atoms with Crippen LogP contribution in [0.15, 0.2) is 59.0 Å². The highest BCUT2D eigenvalue weighted by molar-refractivity contribution is 6.10. The zero-order valence-corrected chi connectivity index (χ0v) is 14.9. The lowest BCUT2D eigenvalue weighted by Crippen LogP contribution is -2.14. The third-order valence-corrected chi connectivity index (χ3v) is 4.58. The zero-order valence-electron chi connectivity index (χ0n) is 14.9. The van der Waals surface area contributed by atoms with E-state index in [1.807, 2.05) is 68.4 Å². The minimum atomic E-state index is -0.167. The van der Waals surface area contributed by atoms with Crippen LogP contribution in [-0.2, 0) is 0 Å². The van der Waals surface area contributed by atoms with Gasteiger partial charge in [-0.25, -0.2) is 0 Å². The molecule has 130 valence electrons. The molecule has 1 heterocycles. The smallest absolute Gasteiger partial charge is 0.256 e. The highest BCUT2D eigenvalue weighted by Gasteiger charge is 2.16. The van der Waals surface area contributed by atoms with Crippen LogP contribution in [0.1, 0.15) is 21.5 Å². The molecule has 4 nitrogen and oxygen atoms in total. The molecular weight excluding hydrogens is 326 g/mol. The van der Waals surface area contributed by atoms with E-state index in [2.05, 4.69) is 5.32 Å². The number of anilines is 1. The molecule has 0 bridgehead atoms. The van der Waals surface area contributed by atoms with E-state index in [-0.39, 0.29) is 5.91 Å². The standard InChI is InChI=1S/C22H19NO3/c1-13-8-9-14(2)16(10-13)22(24)23-18-12-20-17(11-21(18)25-3)15-6-4-5-7-19(15)26-20/h4-12H,1-3H3,(H,23,24). The molecule has 1 amide bonds. The largest absolute Gasteiger partial charge is 0.495 e. The van der Waals surface area contributed by atoms with Crippen LogP contribution in [0.3, 0.4) is 0 Å². The van der Waals surface area contributed by atoms with Gasteiger partial charge in [0.05, 0.1) is 12.8 Å². The highest BCUT2D eigenvalue weighted by Crippen LogP contribution is 2.36. The number of hydrogen-bond donors (Lipinski definition) is 1. The lowest BCUT2D eigenvalue weighted by Gasteiger charge is -2.12. The number of rotatable bonds is 3. The van der Waals surface area contributed by atoms with Gasteiger partial charge in [-0.2, -0.15) is 0 Å². The van der Waals surface area contributed by atoms with Crippen LogP contribution in [0.2, 0.25) is 0 Å². The van der Waals surface area contributed by atoms with Crippen molar-refractivity contribution in [3.05, 3.63) is 71.3 Å². The Balaban J connectivity index is 1.79. The molecule has 0 unspecified atom stereocenters. The molecule has 4 aromatic rings. The second kappa shape index (κ2) is 6.23. The topological polar surface area (TPSA) is 51.5 Å². The summed E-state index contributed by atoms with van der Waals surface area (Å²) in [5.41, 5.74) is 4.73. The van der Waals surface area contributed by atoms with Crippen LogP contribution in [-0.4, -0.2) is 13.0 Å². The Kier molecular flexibility index (Phi) is 3.88. The van der Waals surface area contributed by atoms with Crippen LogP contribution in [0.4, 0.5) is 5.69 Å². The minimum Gasteiger partial charge on any atom is -0.495 e. The van der Waals surface area contributed by atoms with E-state index in [1.165, 1.54) is 0 Å². The summed E-state index contributed by atoms with van der Waals surface area (Å²) in [6.45, 7) is 3.89. The van der Waals surface area contributed by atoms with Gasteiger partial charge in [0.1, 0.15) is 16.9 Å². The molecule has 0 aliphatic carbocycles. The van der Waals surface area contributed by atoms with Crippen LogP contribution in [0.25, 0.3) is 21.9 Å². The van der Waals surface area contributed by atoms with Crippen LogP contribution >= 0.6 is 0 Å². The monoisotopic (exact) mass is 345 g/mol. The van der Waals surface area contributed by atoms with Crippen molar-refractivity contribution in [2.24, 2.45) is 0 Å². The first-order chi connectivity index (χ1) is 12.6. The van der Waals surface area contributed by atoms with Crippen molar-refractivity contribution < 1.29 is 13.9 Å². The molecule has 0 radical (unpaired) electrons. The van der Waals surface area contributed by atoms with Gasteiger partial charge in [0.2, 0.25) is 0 Å². The van der Waals surface area contributed by atoms with E-state index in [4.69, 9.17) is 9.15 Å². The van der Waals surface area contributed by atoms with Gasteiger partial charge in [0.25, 0.3) is 5.91 Å². The minimum absolute atomic E-state index is 0.167. The summed E-state index contributed by atoms with van der Waals surface area (Å²) in [5, 5.41) is 4.94. The second-order valence-electron chi connectivity index (χ2n) is 6.42. The Morgan fingerprint density at radius 2 is 1.77 bits per heavy atom. The number of para-hydroxylation sites is 1. The SMILES string of the molecule is COc1cc2c(cc1NC(=O)c1cc(C)ccc1C)oc1ccccc12. The van der Waals surface area contributed by atoms with Crippen molar-refractivity contribution in [3.63, 3.8) is 0 Å². The van der Waals surface area contributed by atoms with E-state index in [0.29, 0.717) is 22.6 Å². The molecule has 1 aromatic heterocycles. The van der Waals surface area contributed by atoms with E-state index in [1.54, 1.807) is 7.11 Å². The van der Waals surface area contributed by atoms with Crippen molar-refractivity contribution in [3.8, 4) is 5.75 Å². The molecule has 0 aliphatic heterocycles. The summed E-state index contributed by atoms with van der Waals surface area (Å²) in [4.78, 5) is 12.8. The number of aryl methyl sites for hydroxylation is 2. The lowest BCUT2D eigenvalue weighted by molar-refractivity contribution is 0.102. The van der Waals surface area contributed by atoms with Crippen LogP contribution in [0.5, 0.6) is 5.75 Å². The Labute approximate surface area is 151 Å². The maximum atomic E-state index is 12.8. The Morgan fingerprint density at radius 1 is 0.962 bits per heavy atom. The molecule has 4 heteroatoms. The number of furan rings is 1. The molecule has 0 fully saturated rings. The molecule has 4 rings (SSSR count). The predicted octanol–water partition coefficient (Wildman–Crippen LogP) is 5.46. The molecule has 0 saturated carbocycles. The first-order valence-corrected chi connectivity index (χ1v) is 8.44. The van der Waals surface area contributed by atoms with Gasteiger partial charge >= 0.3 is 0 Å². The Hall–Kier alpha value is -3.27. The van der Waals surface area contributed by atoms with Gasteiger partial charge in [0.15, 0.2) is 0 Å². The van der Waals surface area contributed by atoms with Crippen molar-refractivity contribution in [2.75, 3.05) is 12.4 Å². The van der Waals surface area contributed by atoms with Crippen LogP contribution < -0.4 is 10.1 Å². The summed E-state index contributed by atoms with van der Waals surface area (Å²) in [5.74, 6) is 0.433.